The standard InChI is InChI=1S/C22H14F6O2S/c23-14-6-12-8-29-22(11-4-2-1-3-5-11)30-21(12)13(7-14)9-31-10-15-16(24)18(26)20(28)19(27)17(15)25/h1-7,22H,8-10H2. The molecule has 4 rings (SSSR count). The third-order valence-electron chi connectivity index (χ3n) is 4.70. The molecule has 162 valence electrons. The van der Waals surface area contributed by atoms with Crippen LogP contribution in [0.2, 0.25) is 0 Å². The summed E-state index contributed by atoms with van der Waals surface area (Å²) in [5.74, 6) is -10.6. The number of halogens is 6. The van der Waals surface area contributed by atoms with Gasteiger partial charge >= 0.3 is 0 Å². The first-order valence-electron chi connectivity index (χ1n) is 9.09. The lowest BCUT2D eigenvalue weighted by molar-refractivity contribution is -0.112. The number of ether oxygens (including phenoxy) is 2. The maximum atomic E-state index is 14.0. The normalized spacial score (nSPS) is 15.5. The van der Waals surface area contributed by atoms with Crippen LogP contribution in [0.1, 0.15) is 28.5 Å². The lowest BCUT2D eigenvalue weighted by Crippen LogP contribution is -2.19. The molecule has 1 unspecified atom stereocenters. The fourth-order valence-electron chi connectivity index (χ4n) is 3.20. The number of benzene rings is 3. The van der Waals surface area contributed by atoms with Crippen molar-refractivity contribution in [1.29, 1.82) is 0 Å². The Labute approximate surface area is 177 Å². The SMILES string of the molecule is Fc1cc2c(c(CSCc3c(F)c(F)c(F)c(F)c3F)c1)OC(c1ccccc1)OC2. The van der Waals surface area contributed by atoms with Crippen LogP contribution >= 0.6 is 11.8 Å². The molecular weight excluding hydrogens is 442 g/mol. The maximum Gasteiger partial charge on any atom is 0.227 e. The average Bonchev–Trinajstić information content (AvgIpc) is 2.78. The van der Waals surface area contributed by atoms with E-state index in [2.05, 4.69) is 0 Å². The molecule has 0 saturated heterocycles. The maximum absolute atomic E-state index is 14.0. The van der Waals surface area contributed by atoms with Crippen LogP contribution in [-0.2, 0) is 22.8 Å². The van der Waals surface area contributed by atoms with Gasteiger partial charge in [-0.1, -0.05) is 30.3 Å². The van der Waals surface area contributed by atoms with Gasteiger partial charge in [-0.2, -0.15) is 11.8 Å². The van der Waals surface area contributed by atoms with Crippen LogP contribution in [-0.4, -0.2) is 0 Å². The summed E-state index contributed by atoms with van der Waals surface area (Å²) >= 11 is 0.866. The van der Waals surface area contributed by atoms with Crippen LogP contribution < -0.4 is 4.74 Å². The molecule has 0 radical (unpaired) electrons. The Morgan fingerprint density at radius 2 is 1.45 bits per heavy atom. The van der Waals surface area contributed by atoms with Crippen LogP contribution in [0.3, 0.4) is 0 Å². The average molecular weight is 456 g/mol. The minimum absolute atomic E-state index is 0.0150. The Hall–Kier alpha value is -2.65. The first kappa shape index (κ1) is 21.6. The fourth-order valence-corrected chi connectivity index (χ4v) is 4.19. The van der Waals surface area contributed by atoms with E-state index in [1.807, 2.05) is 18.2 Å². The molecule has 0 aromatic heterocycles. The van der Waals surface area contributed by atoms with E-state index in [0.29, 0.717) is 16.9 Å². The number of thioether (sulfide) groups is 1. The third kappa shape index (κ3) is 4.24. The molecule has 9 heteroatoms. The highest BCUT2D eigenvalue weighted by Gasteiger charge is 2.27. The van der Waals surface area contributed by atoms with Gasteiger partial charge in [-0.25, -0.2) is 26.3 Å². The Bertz CT molecular complexity index is 1090. The molecule has 1 aliphatic heterocycles. The van der Waals surface area contributed by atoms with Gasteiger partial charge in [0, 0.05) is 33.8 Å². The number of rotatable bonds is 5. The van der Waals surface area contributed by atoms with Crippen molar-refractivity contribution in [3.63, 3.8) is 0 Å². The van der Waals surface area contributed by atoms with Crippen molar-refractivity contribution in [3.8, 4) is 5.75 Å². The minimum Gasteiger partial charge on any atom is -0.460 e. The molecule has 1 atom stereocenters. The lowest BCUT2D eigenvalue weighted by atomic mass is 10.1. The molecule has 0 fully saturated rings. The van der Waals surface area contributed by atoms with Crippen molar-refractivity contribution in [2.45, 2.75) is 24.4 Å². The van der Waals surface area contributed by atoms with Crippen molar-refractivity contribution in [1.82, 2.24) is 0 Å². The van der Waals surface area contributed by atoms with Crippen LogP contribution in [0.4, 0.5) is 26.3 Å². The Morgan fingerprint density at radius 1 is 0.806 bits per heavy atom. The summed E-state index contributed by atoms with van der Waals surface area (Å²) in [6.07, 6.45) is -0.724. The largest absolute Gasteiger partial charge is 0.460 e. The monoisotopic (exact) mass is 456 g/mol. The van der Waals surface area contributed by atoms with Gasteiger partial charge < -0.3 is 9.47 Å². The van der Waals surface area contributed by atoms with E-state index in [1.54, 1.807) is 12.1 Å². The minimum atomic E-state index is -2.21. The van der Waals surface area contributed by atoms with Crippen LogP contribution in [0, 0.1) is 34.9 Å². The van der Waals surface area contributed by atoms with E-state index in [4.69, 9.17) is 9.47 Å². The summed E-state index contributed by atoms with van der Waals surface area (Å²) in [6.45, 7) is 0.0853. The highest BCUT2D eigenvalue weighted by molar-refractivity contribution is 7.97. The van der Waals surface area contributed by atoms with Crippen molar-refractivity contribution in [2.75, 3.05) is 0 Å². The molecule has 3 aromatic rings. The molecule has 0 saturated carbocycles. The molecule has 2 nitrogen and oxygen atoms in total. The van der Waals surface area contributed by atoms with Crippen molar-refractivity contribution in [2.24, 2.45) is 0 Å². The van der Waals surface area contributed by atoms with E-state index in [1.165, 1.54) is 12.1 Å². The van der Waals surface area contributed by atoms with Crippen molar-refractivity contribution < 1.29 is 35.8 Å². The molecule has 0 bridgehead atoms. The molecule has 1 heterocycles. The van der Waals surface area contributed by atoms with Gasteiger partial charge in [0.2, 0.25) is 12.1 Å². The summed E-state index contributed by atoms with van der Waals surface area (Å²) in [6, 6.07) is 11.5. The fraction of sp³-hybridized carbons (Fsp3) is 0.182. The number of hydrogen-bond acceptors (Lipinski definition) is 3. The van der Waals surface area contributed by atoms with Crippen LogP contribution in [0.25, 0.3) is 0 Å². The summed E-state index contributed by atoms with van der Waals surface area (Å²) in [5, 5.41) is 0. The zero-order valence-corrected chi connectivity index (χ0v) is 16.5. The molecule has 3 aromatic carbocycles. The highest BCUT2D eigenvalue weighted by Crippen LogP contribution is 2.38. The van der Waals surface area contributed by atoms with Gasteiger partial charge in [-0.15, -0.1) is 0 Å². The Kier molecular flexibility index (Phi) is 6.15. The third-order valence-corrected chi connectivity index (χ3v) is 5.71. The van der Waals surface area contributed by atoms with Gasteiger partial charge in [0.15, 0.2) is 23.3 Å². The van der Waals surface area contributed by atoms with Gasteiger partial charge in [0.1, 0.15) is 11.6 Å². The molecule has 31 heavy (non-hydrogen) atoms. The second-order valence-electron chi connectivity index (χ2n) is 6.77. The van der Waals surface area contributed by atoms with E-state index in [9.17, 15) is 26.3 Å². The summed E-state index contributed by atoms with van der Waals surface area (Å²) < 4.78 is 93.2. The van der Waals surface area contributed by atoms with Crippen molar-refractivity contribution >= 4 is 11.8 Å². The summed E-state index contributed by atoms with van der Waals surface area (Å²) in [7, 11) is 0. The summed E-state index contributed by atoms with van der Waals surface area (Å²) in [5.41, 5.74) is 0.655. The molecule has 0 spiro atoms. The molecule has 0 N–H and O–H groups in total. The predicted octanol–water partition coefficient (Wildman–Crippen LogP) is 6.56. The van der Waals surface area contributed by atoms with Crippen LogP contribution in [0.5, 0.6) is 5.75 Å². The second-order valence-corrected chi connectivity index (χ2v) is 7.75. The molecule has 1 aliphatic rings. The zero-order chi connectivity index (χ0) is 22.1. The van der Waals surface area contributed by atoms with Crippen LogP contribution in [0.15, 0.2) is 42.5 Å². The van der Waals surface area contributed by atoms with Gasteiger partial charge in [0.25, 0.3) is 0 Å². The van der Waals surface area contributed by atoms with Gasteiger partial charge in [-0.05, 0) is 12.1 Å². The highest BCUT2D eigenvalue weighted by atomic mass is 32.2. The first-order chi connectivity index (χ1) is 14.9. The smallest absolute Gasteiger partial charge is 0.227 e. The van der Waals surface area contributed by atoms with E-state index >= 15 is 0 Å². The Balaban J connectivity index is 1.55. The summed E-state index contributed by atoms with van der Waals surface area (Å²) in [4.78, 5) is 0. The van der Waals surface area contributed by atoms with E-state index in [-0.39, 0.29) is 12.4 Å². The molecular formula is C22H14F6O2S. The number of fused-ring (bicyclic) bond motifs is 1. The van der Waals surface area contributed by atoms with Gasteiger partial charge in [0.05, 0.1) is 6.61 Å². The first-order valence-corrected chi connectivity index (χ1v) is 10.2. The Morgan fingerprint density at radius 3 is 2.13 bits per heavy atom. The van der Waals surface area contributed by atoms with E-state index < -0.39 is 52.5 Å². The second kappa shape index (κ2) is 8.84. The number of hydrogen-bond donors (Lipinski definition) is 0. The quantitative estimate of drug-likeness (QED) is 0.246. The molecule has 0 amide bonds. The predicted molar refractivity (Wildman–Crippen MR) is 102 cm³/mol. The molecule has 0 aliphatic carbocycles. The van der Waals surface area contributed by atoms with E-state index in [0.717, 1.165) is 17.3 Å². The zero-order valence-electron chi connectivity index (χ0n) is 15.7. The lowest BCUT2D eigenvalue weighted by Gasteiger charge is -2.28. The van der Waals surface area contributed by atoms with Gasteiger partial charge in [-0.3, -0.25) is 0 Å². The van der Waals surface area contributed by atoms with Crippen molar-refractivity contribution in [3.05, 3.63) is 99.6 Å². The topological polar surface area (TPSA) is 18.5 Å².